The molecule has 0 aliphatic rings. The molecule has 0 amide bonds. The van der Waals surface area contributed by atoms with E-state index in [0.29, 0.717) is 13.2 Å². The van der Waals surface area contributed by atoms with Gasteiger partial charge < -0.3 is 4.74 Å². The Bertz CT molecular complexity index is 609. The zero-order chi connectivity index (χ0) is 15.7. The second-order valence-corrected chi connectivity index (χ2v) is 6.38. The normalized spacial score (nSPS) is 11.0. The smallest absolute Gasteiger partial charge is 0.243 e. The third kappa shape index (κ3) is 5.35. The van der Waals surface area contributed by atoms with Crippen LogP contribution >= 0.6 is 0 Å². The van der Waals surface area contributed by atoms with Gasteiger partial charge in [0.05, 0.1) is 11.5 Å². The van der Waals surface area contributed by atoms with Gasteiger partial charge in [0.15, 0.2) is 0 Å². The van der Waals surface area contributed by atoms with Crippen molar-refractivity contribution in [3.05, 3.63) is 42.5 Å². The summed E-state index contributed by atoms with van der Waals surface area (Å²) in [6.45, 7) is 8.39. The first-order valence-corrected chi connectivity index (χ1v) is 8.11. The SMILES string of the molecule is C=CCN(CCOCC#CC)S(=O)(=O)c1ccc(C)cc1. The van der Waals surface area contributed by atoms with Crippen LogP contribution in [-0.4, -0.2) is 39.0 Å². The summed E-state index contributed by atoms with van der Waals surface area (Å²) in [6, 6.07) is 6.80. The van der Waals surface area contributed by atoms with Crippen molar-refractivity contribution in [2.24, 2.45) is 0 Å². The van der Waals surface area contributed by atoms with Crippen LogP contribution in [0.3, 0.4) is 0 Å². The average Bonchev–Trinajstić information content (AvgIpc) is 2.46. The van der Waals surface area contributed by atoms with Gasteiger partial charge in [-0.15, -0.1) is 12.5 Å². The molecule has 0 saturated carbocycles. The van der Waals surface area contributed by atoms with E-state index in [1.807, 2.05) is 6.92 Å². The molecule has 0 bridgehead atoms. The zero-order valence-corrected chi connectivity index (χ0v) is 13.3. The number of benzene rings is 1. The molecule has 1 rings (SSSR count). The molecule has 0 saturated heterocycles. The number of nitrogens with zero attached hydrogens (tertiary/aromatic N) is 1. The standard InChI is InChI=1S/C16H21NO3S/c1-4-6-13-20-14-12-17(11-5-2)21(18,19)16-9-7-15(3)8-10-16/h5,7-10H,2,11-14H2,1,3H3. The van der Waals surface area contributed by atoms with Gasteiger partial charge in [-0.05, 0) is 26.0 Å². The first-order valence-electron chi connectivity index (χ1n) is 6.67. The van der Waals surface area contributed by atoms with Crippen LogP contribution in [0.1, 0.15) is 12.5 Å². The lowest BCUT2D eigenvalue weighted by atomic mass is 10.2. The molecular weight excluding hydrogens is 286 g/mol. The number of aryl methyl sites for hydroxylation is 1. The molecule has 21 heavy (non-hydrogen) atoms. The lowest BCUT2D eigenvalue weighted by molar-refractivity contribution is 0.154. The summed E-state index contributed by atoms with van der Waals surface area (Å²) in [4.78, 5) is 0.281. The molecule has 0 spiro atoms. The highest BCUT2D eigenvalue weighted by atomic mass is 32.2. The van der Waals surface area contributed by atoms with E-state index in [-0.39, 0.29) is 18.0 Å². The summed E-state index contributed by atoms with van der Waals surface area (Å²) in [5.74, 6) is 5.49. The number of hydrogen-bond acceptors (Lipinski definition) is 3. The topological polar surface area (TPSA) is 46.6 Å². The van der Waals surface area contributed by atoms with Crippen LogP contribution in [0.2, 0.25) is 0 Å². The summed E-state index contributed by atoms with van der Waals surface area (Å²) in [5.41, 5.74) is 1.02. The van der Waals surface area contributed by atoms with Gasteiger partial charge in [0.2, 0.25) is 10.0 Å². The molecule has 0 N–H and O–H groups in total. The molecule has 0 heterocycles. The van der Waals surface area contributed by atoms with Gasteiger partial charge >= 0.3 is 0 Å². The summed E-state index contributed by atoms with van der Waals surface area (Å²) >= 11 is 0. The number of sulfonamides is 1. The molecular formula is C16H21NO3S. The molecule has 0 aliphatic carbocycles. The average molecular weight is 307 g/mol. The fraction of sp³-hybridized carbons (Fsp3) is 0.375. The van der Waals surface area contributed by atoms with E-state index in [1.165, 1.54) is 4.31 Å². The minimum atomic E-state index is -3.53. The third-order valence-corrected chi connectivity index (χ3v) is 4.71. The van der Waals surface area contributed by atoms with E-state index in [2.05, 4.69) is 18.4 Å². The largest absolute Gasteiger partial charge is 0.367 e. The van der Waals surface area contributed by atoms with Crippen LogP contribution in [0.5, 0.6) is 0 Å². The molecule has 0 fully saturated rings. The molecule has 0 aromatic heterocycles. The molecule has 0 aliphatic heterocycles. The second-order valence-electron chi connectivity index (χ2n) is 4.44. The van der Waals surface area contributed by atoms with E-state index in [9.17, 15) is 8.42 Å². The van der Waals surface area contributed by atoms with Gasteiger partial charge in [-0.2, -0.15) is 4.31 Å². The molecule has 0 atom stereocenters. The fourth-order valence-electron chi connectivity index (χ4n) is 1.67. The zero-order valence-electron chi connectivity index (χ0n) is 12.5. The van der Waals surface area contributed by atoms with Gasteiger partial charge in [-0.3, -0.25) is 0 Å². The Labute approximate surface area is 127 Å². The highest BCUT2D eigenvalue weighted by Crippen LogP contribution is 2.16. The van der Waals surface area contributed by atoms with Crippen LogP contribution < -0.4 is 0 Å². The molecule has 4 nitrogen and oxygen atoms in total. The Hall–Kier alpha value is -1.61. The van der Waals surface area contributed by atoms with E-state index >= 15 is 0 Å². The summed E-state index contributed by atoms with van der Waals surface area (Å²) in [5, 5.41) is 0. The van der Waals surface area contributed by atoms with Crippen molar-refractivity contribution in [2.45, 2.75) is 18.7 Å². The van der Waals surface area contributed by atoms with Gasteiger partial charge in [-0.1, -0.05) is 29.7 Å². The van der Waals surface area contributed by atoms with Crippen molar-refractivity contribution in [3.63, 3.8) is 0 Å². The summed E-state index contributed by atoms with van der Waals surface area (Å²) in [6.07, 6.45) is 1.57. The first kappa shape index (κ1) is 17.4. The molecule has 1 aromatic rings. The molecule has 1 aromatic carbocycles. The maximum absolute atomic E-state index is 12.5. The van der Waals surface area contributed by atoms with E-state index < -0.39 is 10.0 Å². The monoisotopic (exact) mass is 307 g/mol. The van der Waals surface area contributed by atoms with Gasteiger partial charge in [0, 0.05) is 13.1 Å². The number of hydrogen-bond donors (Lipinski definition) is 0. The Morgan fingerprint density at radius 2 is 2.00 bits per heavy atom. The molecule has 114 valence electrons. The van der Waals surface area contributed by atoms with Crippen molar-refractivity contribution >= 4 is 10.0 Å². The van der Waals surface area contributed by atoms with E-state index in [0.717, 1.165) is 5.56 Å². The third-order valence-electron chi connectivity index (χ3n) is 2.83. The quantitative estimate of drug-likeness (QED) is 0.420. The molecule has 0 unspecified atom stereocenters. The Kier molecular flexibility index (Phi) is 7.17. The van der Waals surface area contributed by atoms with Crippen LogP contribution in [0.4, 0.5) is 0 Å². The summed E-state index contributed by atoms with van der Waals surface area (Å²) < 4.78 is 31.7. The van der Waals surface area contributed by atoms with Crippen molar-refractivity contribution in [1.82, 2.24) is 4.31 Å². The van der Waals surface area contributed by atoms with Crippen molar-refractivity contribution in [3.8, 4) is 11.8 Å². The van der Waals surface area contributed by atoms with E-state index in [1.54, 1.807) is 37.3 Å². The Balaban J connectivity index is 2.79. The predicted molar refractivity (Wildman–Crippen MR) is 84.4 cm³/mol. The Morgan fingerprint density at radius 1 is 1.33 bits per heavy atom. The first-order chi connectivity index (χ1) is 10.0. The minimum Gasteiger partial charge on any atom is -0.367 e. The highest BCUT2D eigenvalue weighted by Gasteiger charge is 2.22. The minimum absolute atomic E-state index is 0.249. The highest BCUT2D eigenvalue weighted by molar-refractivity contribution is 7.89. The second kappa shape index (κ2) is 8.63. The van der Waals surface area contributed by atoms with Crippen molar-refractivity contribution in [2.75, 3.05) is 26.3 Å². The van der Waals surface area contributed by atoms with Gasteiger partial charge in [-0.25, -0.2) is 8.42 Å². The summed E-state index contributed by atoms with van der Waals surface area (Å²) in [7, 11) is -3.53. The van der Waals surface area contributed by atoms with Gasteiger partial charge in [0.25, 0.3) is 0 Å². The lowest BCUT2D eigenvalue weighted by Gasteiger charge is -2.20. The maximum Gasteiger partial charge on any atom is 0.243 e. The van der Waals surface area contributed by atoms with Crippen molar-refractivity contribution in [1.29, 1.82) is 0 Å². The lowest BCUT2D eigenvalue weighted by Crippen LogP contribution is -2.34. The van der Waals surface area contributed by atoms with Crippen LogP contribution in [-0.2, 0) is 14.8 Å². The van der Waals surface area contributed by atoms with E-state index in [4.69, 9.17) is 4.74 Å². The molecule has 0 radical (unpaired) electrons. The van der Waals surface area contributed by atoms with Crippen LogP contribution in [0.15, 0.2) is 41.8 Å². The number of rotatable bonds is 8. The predicted octanol–water partition coefficient (Wildman–Crippen LogP) is 2.21. The van der Waals surface area contributed by atoms with Crippen LogP contribution in [0, 0.1) is 18.8 Å². The van der Waals surface area contributed by atoms with Gasteiger partial charge in [0.1, 0.15) is 6.61 Å². The number of ether oxygens (including phenoxy) is 1. The van der Waals surface area contributed by atoms with Crippen molar-refractivity contribution < 1.29 is 13.2 Å². The maximum atomic E-state index is 12.5. The Morgan fingerprint density at radius 3 is 2.57 bits per heavy atom. The van der Waals surface area contributed by atoms with Crippen LogP contribution in [0.25, 0.3) is 0 Å². The molecule has 5 heteroatoms. The fourth-order valence-corrected chi connectivity index (χ4v) is 3.07.